The molecule has 0 saturated heterocycles. The molecule has 0 rings (SSSR count). The second-order valence-corrected chi connectivity index (χ2v) is 4.19. The molecule has 0 aromatic heterocycles. The van der Waals surface area contributed by atoms with Crippen molar-refractivity contribution in [1.82, 2.24) is 0 Å². The Bertz CT molecular complexity index is 251. The molecule has 5 heteroatoms. The monoisotopic (exact) mass is 224 g/mol. The zero-order valence-corrected chi connectivity index (χ0v) is 11.3. The highest BCUT2D eigenvalue weighted by atomic mass is 24.3. The first-order chi connectivity index (χ1) is 6.15. The van der Waals surface area contributed by atoms with Crippen LogP contribution in [0.15, 0.2) is 0 Å². The van der Waals surface area contributed by atoms with Gasteiger partial charge in [-0.05, 0) is 34.6 Å². The highest BCUT2D eigenvalue weighted by Gasteiger charge is 2.32. The van der Waals surface area contributed by atoms with Crippen molar-refractivity contribution in [1.29, 1.82) is 0 Å². The van der Waals surface area contributed by atoms with Gasteiger partial charge >= 0.3 is 5.97 Å². The van der Waals surface area contributed by atoms with Gasteiger partial charge in [-0.15, -0.1) is 0 Å². The van der Waals surface area contributed by atoms with Crippen molar-refractivity contribution in [3.05, 3.63) is 0 Å². The van der Waals surface area contributed by atoms with E-state index in [0.717, 1.165) is 0 Å². The summed E-state index contributed by atoms with van der Waals surface area (Å²) in [5.41, 5.74) is -0.680. The molecule has 0 aliphatic heterocycles. The highest BCUT2D eigenvalue weighted by Crippen LogP contribution is 2.12. The molecule has 0 atom stereocenters. The summed E-state index contributed by atoms with van der Waals surface area (Å²) in [5, 5.41) is 0. The van der Waals surface area contributed by atoms with Gasteiger partial charge < -0.3 is 4.74 Å². The molecule has 4 nitrogen and oxygen atoms in total. The molecule has 0 amide bonds. The maximum Gasteiger partial charge on any atom is 0.324 e. The topological polar surface area (TPSA) is 60.4 Å². The number of carbonyl (C=O) groups excluding carboxylic acids is 3. The van der Waals surface area contributed by atoms with E-state index in [9.17, 15) is 14.4 Å². The third-order valence-corrected chi connectivity index (χ3v) is 1.46. The van der Waals surface area contributed by atoms with Crippen LogP contribution in [-0.2, 0) is 19.1 Å². The Morgan fingerprint density at radius 3 is 1.53 bits per heavy atom. The van der Waals surface area contributed by atoms with Crippen molar-refractivity contribution in [3.63, 3.8) is 0 Å². The van der Waals surface area contributed by atoms with Gasteiger partial charge in [0.15, 0.2) is 17.5 Å². The Morgan fingerprint density at radius 1 is 1.00 bits per heavy atom. The number of carbonyl (C=O) groups is 3. The van der Waals surface area contributed by atoms with Crippen LogP contribution >= 0.6 is 0 Å². The molecule has 0 saturated carbocycles. The minimum atomic E-state index is -1.27. The predicted octanol–water partition coefficient (Wildman–Crippen LogP) is 0.741. The van der Waals surface area contributed by atoms with E-state index in [1.807, 2.05) is 0 Å². The first-order valence-corrected chi connectivity index (χ1v) is 4.39. The van der Waals surface area contributed by atoms with Crippen molar-refractivity contribution < 1.29 is 19.1 Å². The van der Waals surface area contributed by atoms with Crippen molar-refractivity contribution in [2.24, 2.45) is 5.92 Å². The maximum absolute atomic E-state index is 11.4. The van der Waals surface area contributed by atoms with Crippen LogP contribution in [0.25, 0.3) is 0 Å². The van der Waals surface area contributed by atoms with E-state index in [2.05, 4.69) is 0 Å². The molecule has 82 valence electrons. The van der Waals surface area contributed by atoms with Crippen molar-refractivity contribution in [3.8, 4) is 0 Å². The molecule has 0 aromatic carbocycles. The summed E-state index contributed by atoms with van der Waals surface area (Å²) in [6.07, 6.45) is 0. The van der Waals surface area contributed by atoms with Crippen molar-refractivity contribution >= 4 is 40.6 Å². The number of rotatable bonds is 3. The molecular weight excluding hydrogens is 208 g/mol. The lowest BCUT2D eigenvalue weighted by Crippen LogP contribution is -2.35. The van der Waals surface area contributed by atoms with E-state index in [1.54, 1.807) is 20.8 Å². The lowest BCUT2D eigenvalue weighted by molar-refractivity contribution is -0.163. The first kappa shape index (κ1) is 17.0. The minimum absolute atomic E-state index is 0. The second kappa shape index (κ2) is 6.22. The fraction of sp³-hybridized carbons (Fsp3) is 0.700. The summed E-state index contributed by atoms with van der Waals surface area (Å²) in [6.45, 7) is 7.46. The molecule has 15 heavy (non-hydrogen) atoms. The summed E-state index contributed by atoms with van der Waals surface area (Å²) < 4.78 is 4.94. The van der Waals surface area contributed by atoms with E-state index >= 15 is 0 Å². The molecular formula is C10H16MgO4. The van der Waals surface area contributed by atoms with E-state index in [-0.39, 0.29) is 23.1 Å². The zero-order valence-electron chi connectivity index (χ0n) is 9.92. The quantitative estimate of drug-likeness (QED) is 0.403. The summed E-state index contributed by atoms with van der Waals surface area (Å²) in [5.74, 6) is -3.00. The van der Waals surface area contributed by atoms with E-state index in [4.69, 9.17) is 4.74 Å². The summed E-state index contributed by atoms with van der Waals surface area (Å²) in [6, 6.07) is 0. The second-order valence-electron chi connectivity index (χ2n) is 4.19. The first-order valence-electron chi connectivity index (χ1n) is 4.39. The smallest absolute Gasteiger partial charge is 0.324 e. The van der Waals surface area contributed by atoms with Crippen molar-refractivity contribution in [2.45, 2.75) is 40.2 Å². The molecule has 0 aliphatic rings. The maximum atomic E-state index is 11.4. The lowest BCUT2D eigenvalue weighted by Gasteiger charge is -2.21. The third kappa shape index (κ3) is 6.62. The molecule has 0 heterocycles. The predicted molar refractivity (Wildman–Crippen MR) is 56.5 cm³/mol. The molecule has 0 aliphatic carbocycles. The molecule has 0 aromatic rings. The molecule has 2 radical (unpaired) electrons. The molecule has 0 bridgehead atoms. The molecule has 0 N–H and O–H groups in total. The van der Waals surface area contributed by atoms with Crippen LogP contribution in [0, 0.1) is 5.92 Å². The Morgan fingerprint density at radius 2 is 1.33 bits per heavy atom. The van der Waals surface area contributed by atoms with Gasteiger partial charge in [-0.25, -0.2) is 0 Å². The van der Waals surface area contributed by atoms with Gasteiger partial charge in [0.25, 0.3) is 0 Å². The number of Topliss-reactive ketones (excluding diaryl/α,β-unsaturated/α-hetero) is 2. The summed E-state index contributed by atoms with van der Waals surface area (Å²) in [4.78, 5) is 33.4. The molecule has 0 unspecified atom stereocenters. The van der Waals surface area contributed by atoms with E-state index in [0.29, 0.717) is 0 Å². The average molecular weight is 225 g/mol. The SMILES string of the molecule is CC(=O)C(C(C)=O)C(=O)OC(C)(C)C.[Mg]. The van der Waals surface area contributed by atoms with Crippen LogP contribution in [0.4, 0.5) is 0 Å². The van der Waals surface area contributed by atoms with Crippen LogP contribution in [0.5, 0.6) is 0 Å². The van der Waals surface area contributed by atoms with Crippen molar-refractivity contribution in [2.75, 3.05) is 0 Å². The summed E-state index contributed by atoms with van der Waals surface area (Å²) >= 11 is 0. The Balaban J connectivity index is 0. The average Bonchev–Trinajstić information content (AvgIpc) is 1.78. The van der Waals surface area contributed by atoms with E-state index in [1.165, 1.54) is 13.8 Å². The minimum Gasteiger partial charge on any atom is -0.459 e. The Labute approximate surface area is 106 Å². The van der Waals surface area contributed by atoms with Crippen LogP contribution < -0.4 is 0 Å². The normalized spacial score (nSPS) is 10.5. The highest BCUT2D eigenvalue weighted by molar-refractivity contribution is 6.15. The van der Waals surface area contributed by atoms with Gasteiger partial charge in [-0.1, -0.05) is 0 Å². The number of ketones is 2. The van der Waals surface area contributed by atoms with Crippen LogP contribution in [0.3, 0.4) is 0 Å². The largest absolute Gasteiger partial charge is 0.459 e. The van der Waals surface area contributed by atoms with Gasteiger partial charge in [-0.3, -0.25) is 14.4 Å². The zero-order chi connectivity index (χ0) is 11.5. The van der Waals surface area contributed by atoms with Gasteiger partial charge in [0, 0.05) is 23.1 Å². The Hall–Kier alpha value is -0.424. The van der Waals surface area contributed by atoms with Gasteiger partial charge in [0.1, 0.15) is 5.60 Å². The fourth-order valence-corrected chi connectivity index (χ4v) is 0.979. The Kier molecular flexibility index (Phi) is 7.05. The number of hydrogen-bond acceptors (Lipinski definition) is 4. The van der Waals surface area contributed by atoms with Gasteiger partial charge in [-0.2, -0.15) is 0 Å². The molecule has 0 fully saturated rings. The summed E-state index contributed by atoms with van der Waals surface area (Å²) in [7, 11) is 0. The van der Waals surface area contributed by atoms with Gasteiger partial charge in [0.2, 0.25) is 0 Å². The fourth-order valence-electron chi connectivity index (χ4n) is 0.979. The van der Waals surface area contributed by atoms with Crippen LogP contribution in [-0.4, -0.2) is 46.2 Å². The molecule has 0 spiro atoms. The van der Waals surface area contributed by atoms with Crippen LogP contribution in [0.1, 0.15) is 34.6 Å². The number of hydrogen-bond donors (Lipinski definition) is 0. The van der Waals surface area contributed by atoms with Gasteiger partial charge in [0.05, 0.1) is 0 Å². The lowest BCUT2D eigenvalue weighted by atomic mass is 10.0. The third-order valence-electron chi connectivity index (χ3n) is 1.46. The number of esters is 1. The number of ether oxygens (including phenoxy) is 1. The standard InChI is InChI=1S/C10H16O4.Mg/c1-6(11)8(7(2)12)9(13)14-10(3,4)5;/h8H,1-5H3;. The van der Waals surface area contributed by atoms with Crippen LogP contribution in [0.2, 0.25) is 0 Å². The van der Waals surface area contributed by atoms with E-state index < -0.39 is 29.1 Å².